The molecule has 0 heterocycles. The standard InChI is InChI=1S/C58H46N2/c1-4-14-43(15-5-1)45-26-34-53(35-27-45)59(55-38-32-48(33-39-55)51-21-12-20-50(42-51)44-16-6-2-7-17-44)54-36-28-46(29-37-54)47-30-40-56(41-31-47)60(52-22-8-3-9-23-52)58-25-13-19-49-18-10-11-24-57(49)58/h1-4,6-14,16-26,28-34,36-42H,5,15,27,35H2. The molecule has 2 aliphatic rings. The zero-order valence-corrected chi connectivity index (χ0v) is 33.7. The molecule has 0 spiro atoms. The summed E-state index contributed by atoms with van der Waals surface area (Å²) >= 11 is 0. The van der Waals surface area contributed by atoms with Crippen molar-refractivity contribution in [3.05, 3.63) is 247 Å². The largest absolute Gasteiger partial charge is 0.314 e. The van der Waals surface area contributed by atoms with Crippen LogP contribution in [0.1, 0.15) is 25.7 Å². The number of nitrogens with zero attached hydrogens (tertiary/aromatic N) is 2. The average Bonchev–Trinajstić information content (AvgIpc) is 3.34. The first kappa shape index (κ1) is 36.9. The molecule has 8 aromatic carbocycles. The third kappa shape index (κ3) is 7.64. The van der Waals surface area contributed by atoms with Gasteiger partial charge in [0, 0.05) is 33.8 Å². The molecule has 0 amide bonds. The summed E-state index contributed by atoms with van der Waals surface area (Å²) in [6, 6.07) is 72.5. The molecular formula is C58H46N2. The number of hydrogen-bond acceptors (Lipinski definition) is 2. The Morgan fingerprint density at radius 3 is 1.45 bits per heavy atom. The van der Waals surface area contributed by atoms with E-state index < -0.39 is 0 Å². The molecule has 2 aliphatic carbocycles. The van der Waals surface area contributed by atoms with Crippen LogP contribution in [0.2, 0.25) is 0 Å². The molecule has 2 nitrogen and oxygen atoms in total. The van der Waals surface area contributed by atoms with Crippen LogP contribution in [0.15, 0.2) is 247 Å². The Bertz CT molecular complexity index is 2880. The average molecular weight is 771 g/mol. The lowest BCUT2D eigenvalue weighted by Gasteiger charge is -2.30. The highest BCUT2D eigenvalue weighted by Gasteiger charge is 2.20. The van der Waals surface area contributed by atoms with Crippen LogP contribution in [0.25, 0.3) is 44.2 Å². The summed E-state index contributed by atoms with van der Waals surface area (Å²) in [6.07, 6.45) is 15.7. The Balaban J connectivity index is 0.967. The van der Waals surface area contributed by atoms with E-state index in [1.165, 1.54) is 61.0 Å². The van der Waals surface area contributed by atoms with E-state index in [0.717, 1.165) is 54.1 Å². The maximum Gasteiger partial charge on any atom is 0.0540 e. The van der Waals surface area contributed by atoms with Crippen LogP contribution in [0, 0.1) is 0 Å². The van der Waals surface area contributed by atoms with Crippen molar-refractivity contribution < 1.29 is 0 Å². The zero-order valence-electron chi connectivity index (χ0n) is 33.7. The highest BCUT2D eigenvalue weighted by atomic mass is 15.2. The Kier molecular flexibility index (Phi) is 10.3. The van der Waals surface area contributed by atoms with E-state index in [1.54, 1.807) is 0 Å². The fraction of sp³-hybridized carbons (Fsp3) is 0.0690. The van der Waals surface area contributed by atoms with Crippen LogP contribution in [-0.2, 0) is 0 Å². The summed E-state index contributed by atoms with van der Waals surface area (Å²) in [5.74, 6) is 0. The maximum atomic E-state index is 2.45. The van der Waals surface area contributed by atoms with Crippen LogP contribution >= 0.6 is 0 Å². The van der Waals surface area contributed by atoms with Gasteiger partial charge in [0.05, 0.1) is 5.69 Å². The third-order valence-electron chi connectivity index (χ3n) is 11.9. The van der Waals surface area contributed by atoms with Crippen molar-refractivity contribution in [3.8, 4) is 33.4 Å². The van der Waals surface area contributed by atoms with E-state index in [4.69, 9.17) is 0 Å². The third-order valence-corrected chi connectivity index (χ3v) is 11.9. The lowest BCUT2D eigenvalue weighted by Crippen LogP contribution is -2.18. The van der Waals surface area contributed by atoms with Crippen LogP contribution in [0.5, 0.6) is 0 Å². The summed E-state index contributed by atoms with van der Waals surface area (Å²) in [5.41, 5.74) is 17.2. The van der Waals surface area contributed by atoms with Crippen LogP contribution in [-0.4, -0.2) is 0 Å². The summed E-state index contributed by atoms with van der Waals surface area (Å²) in [7, 11) is 0. The van der Waals surface area contributed by atoms with Gasteiger partial charge in [0.15, 0.2) is 0 Å². The van der Waals surface area contributed by atoms with Crippen molar-refractivity contribution in [1.82, 2.24) is 0 Å². The second-order valence-electron chi connectivity index (χ2n) is 15.6. The Morgan fingerprint density at radius 2 is 0.833 bits per heavy atom. The van der Waals surface area contributed by atoms with Gasteiger partial charge < -0.3 is 9.80 Å². The van der Waals surface area contributed by atoms with Gasteiger partial charge in [0.2, 0.25) is 0 Å². The second kappa shape index (κ2) is 16.8. The Hall–Kier alpha value is -7.42. The molecule has 0 atom stereocenters. The van der Waals surface area contributed by atoms with Gasteiger partial charge in [-0.2, -0.15) is 0 Å². The summed E-state index contributed by atoms with van der Waals surface area (Å²) in [4.78, 5) is 4.80. The van der Waals surface area contributed by atoms with E-state index in [0.29, 0.717) is 0 Å². The van der Waals surface area contributed by atoms with Crippen molar-refractivity contribution >= 4 is 39.2 Å². The zero-order chi connectivity index (χ0) is 40.1. The summed E-state index contributed by atoms with van der Waals surface area (Å²) < 4.78 is 0. The second-order valence-corrected chi connectivity index (χ2v) is 15.6. The highest BCUT2D eigenvalue weighted by Crippen LogP contribution is 2.41. The first-order valence-electron chi connectivity index (χ1n) is 21.1. The van der Waals surface area contributed by atoms with E-state index >= 15 is 0 Å². The number of anilines is 5. The van der Waals surface area contributed by atoms with Crippen molar-refractivity contribution in [1.29, 1.82) is 0 Å². The minimum atomic E-state index is 0.978. The molecule has 0 radical (unpaired) electrons. The molecule has 0 aliphatic heterocycles. The first-order valence-corrected chi connectivity index (χ1v) is 21.1. The molecule has 0 N–H and O–H groups in total. The SMILES string of the molecule is C1=CCCC(C2=CC=C(N(c3ccc(-c4ccc(N(c5ccccc5)c5cccc6ccccc56)cc4)cc3)c3ccc(-c4cccc(-c5ccccc5)c4)cc3)CC2)=C1. The predicted octanol–water partition coefficient (Wildman–Crippen LogP) is 16.3. The minimum Gasteiger partial charge on any atom is -0.314 e. The Labute approximate surface area is 354 Å². The molecule has 0 saturated heterocycles. The van der Waals surface area contributed by atoms with Gasteiger partial charge >= 0.3 is 0 Å². The molecule has 0 aromatic heterocycles. The van der Waals surface area contributed by atoms with Gasteiger partial charge in [-0.05, 0) is 142 Å². The van der Waals surface area contributed by atoms with Gasteiger partial charge in [0.1, 0.15) is 0 Å². The van der Waals surface area contributed by atoms with Gasteiger partial charge in [-0.3, -0.25) is 0 Å². The van der Waals surface area contributed by atoms with Gasteiger partial charge in [-0.1, -0.05) is 164 Å². The Morgan fingerprint density at radius 1 is 0.333 bits per heavy atom. The fourth-order valence-corrected chi connectivity index (χ4v) is 8.76. The van der Waals surface area contributed by atoms with Crippen LogP contribution in [0.4, 0.5) is 28.4 Å². The van der Waals surface area contributed by atoms with Crippen LogP contribution in [0.3, 0.4) is 0 Å². The molecule has 60 heavy (non-hydrogen) atoms. The molecule has 0 unspecified atom stereocenters. The van der Waals surface area contributed by atoms with Gasteiger partial charge in [-0.25, -0.2) is 0 Å². The van der Waals surface area contributed by atoms with Crippen molar-refractivity contribution in [3.63, 3.8) is 0 Å². The monoisotopic (exact) mass is 770 g/mol. The van der Waals surface area contributed by atoms with Crippen molar-refractivity contribution in [2.75, 3.05) is 9.80 Å². The van der Waals surface area contributed by atoms with Gasteiger partial charge in [0.25, 0.3) is 0 Å². The van der Waals surface area contributed by atoms with E-state index in [-0.39, 0.29) is 0 Å². The lowest BCUT2D eigenvalue weighted by molar-refractivity contribution is 0.851. The molecule has 2 heteroatoms. The quantitative estimate of drug-likeness (QED) is 0.137. The fourth-order valence-electron chi connectivity index (χ4n) is 8.76. The van der Waals surface area contributed by atoms with Crippen molar-refractivity contribution in [2.45, 2.75) is 25.7 Å². The van der Waals surface area contributed by atoms with Gasteiger partial charge in [-0.15, -0.1) is 0 Å². The molecule has 0 saturated carbocycles. The minimum absolute atomic E-state index is 0.978. The highest BCUT2D eigenvalue weighted by molar-refractivity contribution is 5.99. The number of fused-ring (bicyclic) bond motifs is 1. The summed E-state index contributed by atoms with van der Waals surface area (Å²) in [6.45, 7) is 0. The number of para-hydroxylation sites is 1. The number of allylic oxidation sites excluding steroid dienone is 8. The molecule has 0 fully saturated rings. The smallest absolute Gasteiger partial charge is 0.0540 e. The number of benzene rings is 8. The maximum absolute atomic E-state index is 2.45. The number of rotatable bonds is 10. The summed E-state index contributed by atoms with van der Waals surface area (Å²) in [5, 5.41) is 2.45. The molecule has 0 bridgehead atoms. The van der Waals surface area contributed by atoms with E-state index in [2.05, 4.69) is 240 Å². The van der Waals surface area contributed by atoms with Crippen LogP contribution < -0.4 is 9.80 Å². The molecular weight excluding hydrogens is 725 g/mol. The lowest BCUT2D eigenvalue weighted by atomic mass is 9.90. The first-order chi connectivity index (χ1) is 29.7. The topological polar surface area (TPSA) is 6.48 Å². The van der Waals surface area contributed by atoms with E-state index in [1.807, 2.05) is 0 Å². The van der Waals surface area contributed by atoms with Crippen molar-refractivity contribution in [2.24, 2.45) is 0 Å². The van der Waals surface area contributed by atoms with E-state index in [9.17, 15) is 0 Å². The molecule has 10 rings (SSSR count). The number of hydrogen-bond donors (Lipinski definition) is 0. The molecule has 288 valence electrons. The normalized spacial score (nSPS) is 13.6. The molecule has 8 aromatic rings. The predicted molar refractivity (Wildman–Crippen MR) is 255 cm³/mol.